The summed E-state index contributed by atoms with van der Waals surface area (Å²) >= 11 is 0. The van der Waals surface area contributed by atoms with Gasteiger partial charge in [-0.2, -0.15) is 0 Å². The number of nitrogens with zero attached hydrogens (tertiary/aromatic N) is 1. The highest BCUT2D eigenvalue weighted by molar-refractivity contribution is 5.91. The lowest BCUT2D eigenvalue weighted by molar-refractivity contribution is -0.143. The molecule has 2 aliphatic rings. The zero-order chi connectivity index (χ0) is 18.2. The fourth-order valence-corrected chi connectivity index (χ4v) is 3.67. The molecule has 2 saturated heterocycles. The molecule has 3 N–H and O–H groups in total. The molecule has 1 atom stereocenters. The molecule has 6 nitrogen and oxygen atoms in total. The summed E-state index contributed by atoms with van der Waals surface area (Å²) in [7, 11) is 0. The van der Waals surface area contributed by atoms with E-state index in [9.17, 15) is 23.5 Å². The monoisotopic (exact) mass is 354 g/mol. The van der Waals surface area contributed by atoms with E-state index in [-0.39, 0.29) is 51.1 Å². The van der Waals surface area contributed by atoms with Crippen LogP contribution >= 0.6 is 0 Å². The first-order chi connectivity index (χ1) is 11.8. The molecule has 1 aromatic rings. The van der Waals surface area contributed by atoms with E-state index in [1.807, 2.05) is 0 Å². The molecule has 0 aliphatic carbocycles. The van der Waals surface area contributed by atoms with Crippen LogP contribution in [0.1, 0.15) is 24.8 Å². The molecule has 2 amide bonds. The van der Waals surface area contributed by atoms with Gasteiger partial charge in [-0.3, -0.25) is 9.59 Å². The van der Waals surface area contributed by atoms with Crippen LogP contribution in [0.25, 0.3) is 0 Å². The SMILES string of the molecule is NC(=O)C1(O)CCN(C(=O)C2(c3ccc(F)cc3F)CCOCC2)C1. The summed E-state index contributed by atoms with van der Waals surface area (Å²) in [6, 6.07) is 3.15. The van der Waals surface area contributed by atoms with Crippen LogP contribution in [0, 0.1) is 11.6 Å². The van der Waals surface area contributed by atoms with Crippen LogP contribution in [-0.2, 0) is 19.7 Å². The Bertz CT molecular complexity index is 706. The summed E-state index contributed by atoms with van der Waals surface area (Å²) in [6.07, 6.45) is 0.506. The predicted octanol–water partition coefficient (Wildman–Crippen LogP) is 0.462. The molecule has 8 heteroatoms. The molecule has 0 saturated carbocycles. The number of carbonyl (C=O) groups excluding carboxylic acids is 2. The first kappa shape index (κ1) is 17.8. The number of carbonyl (C=O) groups is 2. The smallest absolute Gasteiger partial charge is 0.251 e. The van der Waals surface area contributed by atoms with Crippen molar-refractivity contribution < 1.29 is 28.2 Å². The van der Waals surface area contributed by atoms with Crippen molar-refractivity contribution in [3.63, 3.8) is 0 Å². The van der Waals surface area contributed by atoms with Crippen molar-refractivity contribution in [2.24, 2.45) is 5.73 Å². The molecule has 0 radical (unpaired) electrons. The van der Waals surface area contributed by atoms with E-state index in [0.29, 0.717) is 0 Å². The van der Waals surface area contributed by atoms with E-state index in [1.165, 1.54) is 11.0 Å². The van der Waals surface area contributed by atoms with Crippen LogP contribution in [0.5, 0.6) is 0 Å². The van der Waals surface area contributed by atoms with Crippen LogP contribution in [0.2, 0.25) is 0 Å². The van der Waals surface area contributed by atoms with Crippen LogP contribution in [-0.4, -0.2) is 53.7 Å². The normalized spacial score (nSPS) is 25.8. The van der Waals surface area contributed by atoms with Gasteiger partial charge in [0.2, 0.25) is 5.91 Å². The predicted molar refractivity (Wildman–Crippen MR) is 83.4 cm³/mol. The molecule has 0 bridgehead atoms. The number of nitrogens with two attached hydrogens (primary N) is 1. The van der Waals surface area contributed by atoms with Crippen molar-refractivity contribution >= 4 is 11.8 Å². The summed E-state index contributed by atoms with van der Waals surface area (Å²) < 4.78 is 33.0. The Morgan fingerprint density at radius 1 is 1.20 bits per heavy atom. The Balaban J connectivity index is 1.96. The van der Waals surface area contributed by atoms with E-state index in [1.54, 1.807) is 0 Å². The number of ether oxygens (including phenoxy) is 1. The number of aliphatic hydroxyl groups is 1. The number of β-amino-alcohol motifs (C(OH)–C–C–N with tert-alkyl or cyclic N) is 1. The molecular weight excluding hydrogens is 334 g/mol. The number of amides is 2. The first-order valence-corrected chi connectivity index (χ1v) is 8.13. The Morgan fingerprint density at radius 3 is 2.44 bits per heavy atom. The Hall–Kier alpha value is -2.06. The standard InChI is InChI=1S/C17H20F2N2O4/c18-11-1-2-12(13(19)9-11)16(4-7-25-8-5-16)15(23)21-6-3-17(24,10-21)14(20)22/h1-2,9,24H,3-8,10H2,(H2,20,22). The lowest BCUT2D eigenvalue weighted by atomic mass is 9.72. The van der Waals surface area contributed by atoms with Crippen molar-refractivity contribution in [3.8, 4) is 0 Å². The number of benzene rings is 1. The number of rotatable bonds is 3. The molecular formula is C17H20F2N2O4. The number of hydrogen-bond donors (Lipinski definition) is 2. The molecule has 2 fully saturated rings. The molecule has 2 aliphatic heterocycles. The van der Waals surface area contributed by atoms with E-state index < -0.39 is 34.5 Å². The van der Waals surface area contributed by atoms with E-state index in [4.69, 9.17) is 10.5 Å². The maximum atomic E-state index is 14.4. The van der Waals surface area contributed by atoms with Gasteiger partial charge in [0.05, 0.1) is 12.0 Å². The van der Waals surface area contributed by atoms with Gasteiger partial charge in [0, 0.05) is 37.8 Å². The molecule has 0 spiro atoms. The van der Waals surface area contributed by atoms with Gasteiger partial charge in [0.1, 0.15) is 11.6 Å². The lowest BCUT2D eigenvalue weighted by Gasteiger charge is -2.39. The average molecular weight is 354 g/mol. The van der Waals surface area contributed by atoms with Gasteiger partial charge in [0.25, 0.3) is 5.91 Å². The minimum absolute atomic E-state index is 0.0343. The summed E-state index contributed by atoms with van der Waals surface area (Å²) in [4.78, 5) is 26.0. The maximum Gasteiger partial charge on any atom is 0.251 e. The van der Waals surface area contributed by atoms with Crippen molar-refractivity contribution in [1.29, 1.82) is 0 Å². The van der Waals surface area contributed by atoms with Gasteiger partial charge in [-0.15, -0.1) is 0 Å². The largest absolute Gasteiger partial charge is 0.381 e. The van der Waals surface area contributed by atoms with E-state index in [2.05, 4.69) is 0 Å². The second-order valence-corrected chi connectivity index (χ2v) is 6.69. The highest BCUT2D eigenvalue weighted by Crippen LogP contribution is 2.39. The third-order valence-corrected chi connectivity index (χ3v) is 5.20. The van der Waals surface area contributed by atoms with Gasteiger partial charge >= 0.3 is 0 Å². The van der Waals surface area contributed by atoms with Crippen molar-refractivity contribution in [1.82, 2.24) is 4.90 Å². The summed E-state index contributed by atoms with van der Waals surface area (Å²) in [5, 5.41) is 10.2. The zero-order valence-electron chi connectivity index (χ0n) is 13.6. The van der Waals surface area contributed by atoms with Gasteiger partial charge < -0.3 is 20.5 Å². The molecule has 1 unspecified atom stereocenters. The zero-order valence-corrected chi connectivity index (χ0v) is 13.6. The van der Waals surface area contributed by atoms with Gasteiger partial charge in [-0.05, 0) is 18.9 Å². The molecule has 1 aromatic carbocycles. The minimum atomic E-state index is -1.77. The Labute approximate surface area is 143 Å². The summed E-state index contributed by atoms with van der Waals surface area (Å²) in [5.41, 5.74) is 2.33. The van der Waals surface area contributed by atoms with Crippen LogP contribution in [0.3, 0.4) is 0 Å². The maximum absolute atomic E-state index is 14.4. The Kier molecular flexibility index (Phi) is 4.51. The lowest BCUT2D eigenvalue weighted by Crippen LogP contribution is -2.52. The fourth-order valence-electron chi connectivity index (χ4n) is 3.67. The second-order valence-electron chi connectivity index (χ2n) is 6.69. The molecule has 25 heavy (non-hydrogen) atoms. The molecule has 3 rings (SSSR count). The fraction of sp³-hybridized carbons (Fsp3) is 0.529. The third-order valence-electron chi connectivity index (χ3n) is 5.20. The number of likely N-dealkylation sites (tertiary alicyclic amines) is 1. The number of halogens is 2. The van der Waals surface area contributed by atoms with Crippen molar-refractivity contribution in [2.45, 2.75) is 30.3 Å². The highest BCUT2D eigenvalue weighted by atomic mass is 19.1. The molecule has 2 heterocycles. The molecule has 0 aromatic heterocycles. The highest BCUT2D eigenvalue weighted by Gasteiger charge is 2.50. The van der Waals surface area contributed by atoms with E-state index in [0.717, 1.165) is 12.1 Å². The Morgan fingerprint density at radius 2 is 1.88 bits per heavy atom. The topological polar surface area (TPSA) is 92.9 Å². The second kappa shape index (κ2) is 6.34. The third kappa shape index (κ3) is 3.00. The van der Waals surface area contributed by atoms with E-state index >= 15 is 0 Å². The summed E-state index contributed by atoms with van der Waals surface area (Å²) in [5.74, 6) is -2.81. The van der Waals surface area contributed by atoms with Crippen LogP contribution in [0.15, 0.2) is 18.2 Å². The number of primary amides is 1. The van der Waals surface area contributed by atoms with Crippen molar-refractivity contribution in [2.75, 3.05) is 26.3 Å². The number of hydrogen-bond acceptors (Lipinski definition) is 4. The molecule has 136 valence electrons. The van der Waals surface area contributed by atoms with Crippen LogP contribution in [0.4, 0.5) is 8.78 Å². The van der Waals surface area contributed by atoms with Gasteiger partial charge in [-0.25, -0.2) is 8.78 Å². The van der Waals surface area contributed by atoms with Crippen molar-refractivity contribution in [3.05, 3.63) is 35.4 Å². The quantitative estimate of drug-likeness (QED) is 0.825. The summed E-state index contributed by atoms with van der Waals surface area (Å²) in [6.45, 7) is 0.434. The van der Waals surface area contributed by atoms with Gasteiger partial charge in [-0.1, -0.05) is 6.07 Å². The average Bonchev–Trinajstić information content (AvgIpc) is 2.98. The van der Waals surface area contributed by atoms with Gasteiger partial charge in [0.15, 0.2) is 5.60 Å². The van der Waals surface area contributed by atoms with Crippen LogP contribution < -0.4 is 5.73 Å². The minimum Gasteiger partial charge on any atom is -0.381 e. The first-order valence-electron chi connectivity index (χ1n) is 8.13.